The molecule has 0 aliphatic heterocycles. The first-order chi connectivity index (χ1) is 9.79. The van der Waals surface area contributed by atoms with Crippen LogP contribution in [0, 0.1) is 30.9 Å². The van der Waals surface area contributed by atoms with Gasteiger partial charge in [-0.2, -0.15) is 0 Å². The van der Waals surface area contributed by atoms with Crippen LogP contribution in [-0.4, -0.2) is 10.0 Å². The van der Waals surface area contributed by atoms with Gasteiger partial charge in [-0.05, 0) is 50.5 Å². The van der Waals surface area contributed by atoms with Crippen molar-refractivity contribution in [3.8, 4) is 10.8 Å². The lowest BCUT2D eigenvalue weighted by Gasteiger charge is -2.10. The molecule has 1 N–H and O–H groups in total. The second-order valence-electron chi connectivity index (χ2n) is 5.06. The maximum absolute atomic E-state index is 11.1. The summed E-state index contributed by atoms with van der Waals surface area (Å²) in [6.45, 7) is 7.41. The van der Waals surface area contributed by atoms with Gasteiger partial charge in [0, 0.05) is 10.9 Å². The highest BCUT2D eigenvalue weighted by Crippen LogP contribution is 2.42. The van der Waals surface area contributed by atoms with Crippen LogP contribution in [0.25, 0.3) is 0 Å². The second kappa shape index (κ2) is 5.83. The first kappa shape index (κ1) is 15.5. The van der Waals surface area contributed by atoms with Crippen LogP contribution in [0.2, 0.25) is 0 Å². The molecule has 0 radical (unpaired) electrons. The Labute approximate surface area is 127 Å². The standard InChI is InChI=1S/C15H17NO4S/c1-8-5-9(2)10(3)13(6-8)20-15-12(16(18)19)7-14(21-15)11(4)17/h5-7,11,17H,1-4H3/t11-/m1/s1. The fourth-order valence-corrected chi connectivity index (χ4v) is 2.92. The smallest absolute Gasteiger partial charge is 0.323 e. The third-order valence-corrected chi connectivity index (χ3v) is 4.45. The molecule has 0 fully saturated rings. The van der Waals surface area contributed by atoms with Gasteiger partial charge in [0.1, 0.15) is 5.75 Å². The van der Waals surface area contributed by atoms with Gasteiger partial charge in [-0.25, -0.2) is 0 Å². The van der Waals surface area contributed by atoms with Crippen LogP contribution in [-0.2, 0) is 0 Å². The van der Waals surface area contributed by atoms with Gasteiger partial charge in [-0.15, -0.1) is 0 Å². The number of nitrogens with zero attached hydrogens (tertiary/aromatic N) is 1. The molecule has 0 saturated heterocycles. The van der Waals surface area contributed by atoms with Gasteiger partial charge in [-0.3, -0.25) is 10.1 Å². The minimum Gasteiger partial charge on any atom is -0.440 e. The third-order valence-electron chi connectivity index (χ3n) is 3.27. The number of nitro groups is 1. The van der Waals surface area contributed by atoms with Crippen molar-refractivity contribution in [3.05, 3.63) is 49.9 Å². The fraction of sp³-hybridized carbons (Fsp3) is 0.333. The second-order valence-corrected chi connectivity index (χ2v) is 6.11. The molecule has 2 aromatic rings. The van der Waals surface area contributed by atoms with E-state index in [0.29, 0.717) is 10.6 Å². The molecule has 0 aliphatic rings. The Morgan fingerprint density at radius 1 is 1.29 bits per heavy atom. The van der Waals surface area contributed by atoms with Crippen LogP contribution in [0.5, 0.6) is 10.8 Å². The first-order valence-electron chi connectivity index (χ1n) is 6.51. The summed E-state index contributed by atoms with van der Waals surface area (Å²) in [4.78, 5) is 11.1. The summed E-state index contributed by atoms with van der Waals surface area (Å²) in [7, 11) is 0. The van der Waals surface area contributed by atoms with E-state index in [1.807, 2.05) is 32.9 Å². The number of benzene rings is 1. The molecule has 0 aliphatic carbocycles. The highest BCUT2D eigenvalue weighted by molar-refractivity contribution is 7.14. The van der Waals surface area contributed by atoms with Crippen molar-refractivity contribution in [2.45, 2.75) is 33.8 Å². The highest BCUT2D eigenvalue weighted by atomic mass is 32.1. The van der Waals surface area contributed by atoms with Crippen LogP contribution < -0.4 is 4.74 Å². The molecular formula is C15H17NO4S. The van der Waals surface area contributed by atoms with Gasteiger partial charge in [0.15, 0.2) is 0 Å². The molecule has 0 amide bonds. The Morgan fingerprint density at radius 3 is 2.52 bits per heavy atom. The summed E-state index contributed by atoms with van der Waals surface area (Å²) in [5.41, 5.74) is 2.93. The van der Waals surface area contributed by atoms with Crippen molar-refractivity contribution in [2.75, 3.05) is 0 Å². The van der Waals surface area contributed by atoms with Crippen molar-refractivity contribution >= 4 is 17.0 Å². The van der Waals surface area contributed by atoms with Crippen molar-refractivity contribution in [1.82, 2.24) is 0 Å². The number of ether oxygens (including phenoxy) is 1. The van der Waals surface area contributed by atoms with Gasteiger partial charge < -0.3 is 9.84 Å². The van der Waals surface area contributed by atoms with Crippen molar-refractivity contribution < 1.29 is 14.8 Å². The van der Waals surface area contributed by atoms with E-state index >= 15 is 0 Å². The van der Waals surface area contributed by atoms with Gasteiger partial charge in [0.2, 0.25) is 0 Å². The van der Waals surface area contributed by atoms with Crippen LogP contribution in [0.15, 0.2) is 18.2 Å². The zero-order chi connectivity index (χ0) is 15.7. The molecule has 5 nitrogen and oxygen atoms in total. The van der Waals surface area contributed by atoms with E-state index in [4.69, 9.17) is 4.74 Å². The minimum atomic E-state index is -0.758. The summed E-state index contributed by atoms with van der Waals surface area (Å²) in [6.07, 6.45) is -0.758. The Balaban J connectivity index is 2.46. The summed E-state index contributed by atoms with van der Waals surface area (Å²) in [6, 6.07) is 5.25. The molecule has 2 rings (SSSR count). The maximum atomic E-state index is 11.1. The predicted octanol–water partition coefficient (Wildman–Crippen LogP) is 4.43. The van der Waals surface area contributed by atoms with Crippen molar-refractivity contribution in [2.24, 2.45) is 0 Å². The Kier molecular flexibility index (Phi) is 4.29. The van der Waals surface area contributed by atoms with E-state index in [2.05, 4.69) is 0 Å². The minimum absolute atomic E-state index is 0.116. The van der Waals surface area contributed by atoms with E-state index in [1.54, 1.807) is 6.92 Å². The highest BCUT2D eigenvalue weighted by Gasteiger charge is 2.23. The van der Waals surface area contributed by atoms with E-state index < -0.39 is 11.0 Å². The lowest BCUT2D eigenvalue weighted by molar-refractivity contribution is -0.385. The molecule has 0 bridgehead atoms. The van der Waals surface area contributed by atoms with Crippen molar-refractivity contribution in [1.29, 1.82) is 0 Å². The lowest BCUT2D eigenvalue weighted by atomic mass is 10.1. The van der Waals surface area contributed by atoms with Crippen LogP contribution in [0.3, 0.4) is 0 Å². The maximum Gasteiger partial charge on any atom is 0.323 e. The number of thiophene rings is 1. The summed E-state index contributed by atoms with van der Waals surface area (Å²) in [5, 5.41) is 20.9. The zero-order valence-corrected chi connectivity index (χ0v) is 13.2. The molecule has 6 heteroatoms. The number of aliphatic hydroxyl groups is 1. The molecule has 0 saturated carbocycles. The SMILES string of the molecule is Cc1cc(C)c(C)c(Oc2sc([C@@H](C)O)cc2[N+](=O)[O-])c1. The lowest BCUT2D eigenvalue weighted by Crippen LogP contribution is -1.93. The predicted molar refractivity (Wildman–Crippen MR) is 82.3 cm³/mol. The number of aliphatic hydroxyl groups excluding tert-OH is 1. The van der Waals surface area contributed by atoms with Crippen LogP contribution in [0.1, 0.15) is 34.6 Å². The Bertz CT molecular complexity index is 691. The van der Waals surface area contributed by atoms with Gasteiger partial charge in [0.25, 0.3) is 5.06 Å². The number of aryl methyl sites for hydroxylation is 2. The molecule has 1 heterocycles. The van der Waals surface area contributed by atoms with Gasteiger partial charge in [0.05, 0.1) is 11.0 Å². The normalized spacial score (nSPS) is 12.2. The Hall–Kier alpha value is -1.92. The topological polar surface area (TPSA) is 72.6 Å². The van der Waals surface area contributed by atoms with E-state index in [-0.39, 0.29) is 10.8 Å². The first-order valence-corrected chi connectivity index (χ1v) is 7.33. The molecule has 0 spiro atoms. The average Bonchev–Trinajstić information content (AvgIpc) is 2.79. The summed E-state index contributed by atoms with van der Waals surface area (Å²) in [5.74, 6) is 0.606. The van der Waals surface area contributed by atoms with Gasteiger partial charge >= 0.3 is 5.69 Å². The number of hydrogen-bond donors (Lipinski definition) is 1. The van der Waals surface area contributed by atoms with E-state index in [0.717, 1.165) is 28.0 Å². The summed E-state index contributed by atoms with van der Waals surface area (Å²) >= 11 is 1.10. The molecule has 21 heavy (non-hydrogen) atoms. The summed E-state index contributed by atoms with van der Waals surface area (Å²) < 4.78 is 5.76. The van der Waals surface area contributed by atoms with Gasteiger partial charge in [-0.1, -0.05) is 17.4 Å². The molecule has 1 aromatic heterocycles. The zero-order valence-electron chi connectivity index (χ0n) is 12.3. The molecule has 1 atom stereocenters. The van der Waals surface area contributed by atoms with E-state index in [9.17, 15) is 15.2 Å². The molecule has 0 unspecified atom stereocenters. The number of rotatable bonds is 4. The Morgan fingerprint density at radius 2 is 1.95 bits per heavy atom. The molecule has 112 valence electrons. The largest absolute Gasteiger partial charge is 0.440 e. The fourth-order valence-electron chi connectivity index (χ4n) is 2.00. The third kappa shape index (κ3) is 3.22. The van der Waals surface area contributed by atoms with Crippen LogP contribution in [0.4, 0.5) is 5.69 Å². The number of hydrogen-bond acceptors (Lipinski definition) is 5. The van der Waals surface area contributed by atoms with E-state index in [1.165, 1.54) is 6.07 Å². The van der Waals surface area contributed by atoms with Crippen LogP contribution >= 0.6 is 11.3 Å². The molecule has 1 aromatic carbocycles. The quantitative estimate of drug-likeness (QED) is 0.670. The molecular weight excluding hydrogens is 290 g/mol. The average molecular weight is 307 g/mol. The van der Waals surface area contributed by atoms with Crippen molar-refractivity contribution in [3.63, 3.8) is 0 Å². The monoisotopic (exact) mass is 307 g/mol.